The first-order chi connectivity index (χ1) is 12.2. The van der Waals surface area contributed by atoms with Crippen molar-refractivity contribution in [3.63, 3.8) is 0 Å². The number of rotatable bonds is 4. The summed E-state index contributed by atoms with van der Waals surface area (Å²) in [6, 6.07) is 13.4. The summed E-state index contributed by atoms with van der Waals surface area (Å²) < 4.78 is 10.3. The highest BCUT2D eigenvalue weighted by atomic mass is 32.1. The van der Waals surface area contributed by atoms with Gasteiger partial charge in [-0.1, -0.05) is 6.07 Å². The normalized spacial score (nSPS) is 10.9. The first kappa shape index (κ1) is 15.5. The second kappa shape index (κ2) is 6.45. The summed E-state index contributed by atoms with van der Waals surface area (Å²) in [6.07, 6.45) is 5.32. The number of amides is 1. The van der Waals surface area contributed by atoms with E-state index in [1.165, 1.54) is 11.7 Å². The van der Waals surface area contributed by atoms with Gasteiger partial charge < -0.3 is 9.47 Å². The zero-order valence-electron chi connectivity index (χ0n) is 13.5. The molecule has 2 heterocycles. The van der Waals surface area contributed by atoms with Crippen molar-refractivity contribution in [3.8, 4) is 5.69 Å². The number of fused-ring (bicyclic) bond motifs is 1. The van der Waals surface area contributed by atoms with Crippen molar-refractivity contribution >= 4 is 28.7 Å². The van der Waals surface area contributed by atoms with E-state index < -0.39 is 0 Å². The number of carbonyl (C=O) groups is 1. The monoisotopic (exact) mass is 349 g/mol. The van der Waals surface area contributed by atoms with Gasteiger partial charge in [0.05, 0.1) is 18.1 Å². The Morgan fingerprint density at radius 1 is 1.12 bits per heavy atom. The highest BCUT2D eigenvalue weighted by Gasteiger charge is 2.13. The summed E-state index contributed by atoms with van der Waals surface area (Å²) >= 11 is 1.20. The molecule has 25 heavy (non-hydrogen) atoms. The van der Waals surface area contributed by atoms with E-state index in [4.69, 9.17) is 0 Å². The molecule has 124 valence electrons. The Labute approximate surface area is 148 Å². The Bertz CT molecular complexity index is 1010. The lowest BCUT2D eigenvalue weighted by Gasteiger charge is -2.17. The number of hydrogen-bond acceptors (Lipinski definition) is 5. The Morgan fingerprint density at radius 2 is 1.92 bits per heavy atom. The van der Waals surface area contributed by atoms with E-state index >= 15 is 0 Å². The number of carbonyl (C=O) groups excluding carboxylic acids is 1. The van der Waals surface area contributed by atoms with E-state index in [1.54, 1.807) is 24.5 Å². The van der Waals surface area contributed by atoms with Crippen LogP contribution in [0.1, 0.15) is 15.9 Å². The maximum atomic E-state index is 12.6. The fourth-order valence-corrected chi connectivity index (χ4v) is 3.20. The van der Waals surface area contributed by atoms with Gasteiger partial charge in [0.15, 0.2) is 0 Å². The van der Waals surface area contributed by atoms with Gasteiger partial charge in [-0.2, -0.15) is 8.75 Å². The lowest BCUT2D eigenvalue weighted by atomic mass is 10.1. The maximum Gasteiger partial charge on any atom is 0.253 e. The van der Waals surface area contributed by atoms with Crippen LogP contribution in [0.4, 0.5) is 0 Å². The van der Waals surface area contributed by atoms with Gasteiger partial charge in [0.25, 0.3) is 5.91 Å². The first-order valence-electron chi connectivity index (χ1n) is 7.76. The molecule has 0 radical (unpaired) electrons. The van der Waals surface area contributed by atoms with Gasteiger partial charge in [-0.25, -0.2) is 4.98 Å². The molecule has 0 unspecified atom stereocenters. The Morgan fingerprint density at radius 3 is 2.68 bits per heavy atom. The Balaban J connectivity index is 1.49. The van der Waals surface area contributed by atoms with E-state index in [0.717, 1.165) is 22.3 Å². The van der Waals surface area contributed by atoms with Crippen LogP contribution in [0.5, 0.6) is 0 Å². The SMILES string of the molecule is CN(Cc1ccc2nsnc2c1)C(=O)c1ccc(-n2ccnc2)cc1. The van der Waals surface area contributed by atoms with Gasteiger partial charge in [-0.15, -0.1) is 0 Å². The quantitative estimate of drug-likeness (QED) is 0.568. The molecule has 2 aromatic heterocycles. The molecule has 0 bridgehead atoms. The molecule has 4 aromatic rings. The van der Waals surface area contributed by atoms with Gasteiger partial charge in [0.1, 0.15) is 11.0 Å². The van der Waals surface area contributed by atoms with E-state index in [1.807, 2.05) is 53.2 Å². The highest BCUT2D eigenvalue weighted by Crippen LogP contribution is 2.16. The van der Waals surface area contributed by atoms with Crippen LogP contribution in [0, 0.1) is 0 Å². The first-order valence-corrected chi connectivity index (χ1v) is 8.49. The maximum absolute atomic E-state index is 12.6. The van der Waals surface area contributed by atoms with Crippen molar-refractivity contribution < 1.29 is 4.79 Å². The van der Waals surface area contributed by atoms with Crippen LogP contribution in [-0.4, -0.2) is 36.2 Å². The largest absolute Gasteiger partial charge is 0.337 e. The summed E-state index contributed by atoms with van der Waals surface area (Å²) in [5, 5.41) is 0. The van der Waals surface area contributed by atoms with Gasteiger partial charge >= 0.3 is 0 Å². The molecule has 0 fully saturated rings. The van der Waals surface area contributed by atoms with Crippen molar-refractivity contribution in [2.75, 3.05) is 7.05 Å². The third-order valence-corrected chi connectivity index (χ3v) is 4.56. The van der Waals surface area contributed by atoms with Crippen LogP contribution in [0.2, 0.25) is 0 Å². The molecule has 2 aromatic carbocycles. The number of nitrogens with zero attached hydrogens (tertiary/aromatic N) is 5. The summed E-state index contributed by atoms with van der Waals surface area (Å²) in [5.74, 6) is -0.0197. The molecule has 4 rings (SSSR count). The molecule has 0 aliphatic heterocycles. The number of benzene rings is 2. The molecule has 0 aliphatic rings. The molecule has 0 saturated carbocycles. The zero-order chi connectivity index (χ0) is 17.2. The van der Waals surface area contributed by atoms with Crippen molar-refractivity contribution in [1.82, 2.24) is 23.2 Å². The minimum Gasteiger partial charge on any atom is -0.337 e. The molecular weight excluding hydrogens is 334 g/mol. The smallest absolute Gasteiger partial charge is 0.253 e. The average molecular weight is 349 g/mol. The minimum absolute atomic E-state index is 0.0197. The molecular formula is C18H15N5OS. The van der Waals surface area contributed by atoms with Crippen molar-refractivity contribution in [2.24, 2.45) is 0 Å². The van der Waals surface area contributed by atoms with E-state index in [0.29, 0.717) is 12.1 Å². The molecule has 0 N–H and O–H groups in total. The standard InChI is InChI=1S/C18H15N5OS/c1-22(11-13-2-7-16-17(10-13)21-25-20-16)18(24)14-3-5-15(6-4-14)23-9-8-19-12-23/h2-10,12H,11H2,1H3. The van der Waals surface area contributed by atoms with Crippen LogP contribution in [0.15, 0.2) is 61.2 Å². The summed E-state index contributed by atoms with van der Waals surface area (Å²) in [5.41, 5.74) is 4.41. The molecule has 1 amide bonds. The predicted octanol–water partition coefficient (Wildman–Crippen LogP) is 3.15. The number of aromatic nitrogens is 4. The Kier molecular flexibility index (Phi) is 3.99. The van der Waals surface area contributed by atoms with Crippen molar-refractivity contribution in [2.45, 2.75) is 6.54 Å². The van der Waals surface area contributed by atoms with Crippen LogP contribution in [0.25, 0.3) is 16.7 Å². The van der Waals surface area contributed by atoms with E-state index in [-0.39, 0.29) is 5.91 Å². The van der Waals surface area contributed by atoms with Crippen molar-refractivity contribution in [1.29, 1.82) is 0 Å². The van der Waals surface area contributed by atoms with Gasteiger partial charge in [-0.05, 0) is 42.0 Å². The highest BCUT2D eigenvalue weighted by molar-refractivity contribution is 7.00. The summed E-state index contributed by atoms with van der Waals surface area (Å²) in [7, 11) is 1.80. The summed E-state index contributed by atoms with van der Waals surface area (Å²) in [4.78, 5) is 18.4. The van der Waals surface area contributed by atoms with E-state index in [2.05, 4.69) is 13.7 Å². The Hall–Kier alpha value is -3.06. The second-order valence-electron chi connectivity index (χ2n) is 5.77. The number of imidazole rings is 1. The van der Waals surface area contributed by atoms with E-state index in [9.17, 15) is 4.79 Å². The number of hydrogen-bond donors (Lipinski definition) is 0. The summed E-state index contributed by atoms with van der Waals surface area (Å²) in [6.45, 7) is 0.523. The average Bonchev–Trinajstić information content (AvgIpc) is 3.32. The molecule has 0 spiro atoms. The van der Waals surface area contributed by atoms with Gasteiger partial charge in [-0.3, -0.25) is 4.79 Å². The molecule has 6 nitrogen and oxygen atoms in total. The lowest BCUT2D eigenvalue weighted by Crippen LogP contribution is -2.26. The van der Waals surface area contributed by atoms with Crippen LogP contribution < -0.4 is 0 Å². The molecule has 0 saturated heterocycles. The second-order valence-corrected chi connectivity index (χ2v) is 6.29. The van der Waals surface area contributed by atoms with Crippen LogP contribution in [0.3, 0.4) is 0 Å². The zero-order valence-corrected chi connectivity index (χ0v) is 14.3. The minimum atomic E-state index is -0.0197. The third-order valence-electron chi connectivity index (χ3n) is 4.00. The van der Waals surface area contributed by atoms with Crippen LogP contribution in [-0.2, 0) is 6.54 Å². The van der Waals surface area contributed by atoms with Crippen LogP contribution >= 0.6 is 11.7 Å². The van der Waals surface area contributed by atoms with Gasteiger partial charge in [0, 0.05) is 37.2 Å². The van der Waals surface area contributed by atoms with Gasteiger partial charge in [0.2, 0.25) is 0 Å². The molecule has 7 heteroatoms. The topological polar surface area (TPSA) is 63.9 Å². The predicted molar refractivity (Wildman–Crippen MR) is 96.8 cm³/mol. The third kappa shape index (κ3) is 3.14. The lowest BCUT2D eigenvalue weighted by molar-refractivity contribution is 0.0785. The molecule has 0 atom stereocenters. The fraction of sp³-hybridized carbons (Fsp3) is 0.111. The molecule has 0 aliphatic carbocycles. The van der Waals surface area contributed by atoms with Crippen molar-refractivity contribution in [3.05, 3.63) is 72.3 Å². The fourth-order valence-electron chi connectivity index (χ4n) is 2.68.